The third-order valence-electron chi connectivity index (χ3n) is 13.5. The Morgan fingerprint density at radius 3 is 2.36 bits per heavy atom. The van der Waals surface area contributed by atoms with Crippen molar-refractivity contribution in [3.05, 3.63) is 53.3 Å². The Morgan fingerprint density at radius 1 is 1.04 bits per heavy atom. The number of likely N-dealkylation sites (tertiary alicyclic amines) is 1. The minimum Gasteiger partial charge on any atom is -0.361 e. The number of carbonyl (C=O) groups excluding carboxylic acids is 6. The first-order valence-corrected chi connectivity index (χ1v) is 26.6. The van der Waals surface area contributed by atoms with Crippen molar-refractivity contribution in [1.82, 2.24) is 39.7 Å². The largest absolute Gasteiger partial charge is 0.403 e. The van der Waals surface area contributed by atoms with Crippen LogP contribution in [0.5, 0.6) is 0 Å². The van der Waals surface area contributed by atoms with Gasteiger partial charge in [0, 0.05) is 76.5 Å². The standard InChI is InChI=1S/C47H62ClF6N8O6SSi/c1-28(2)19-35-39(64)60(5)42(69-25-30-20-32(48)15-16-34(30)31-22-55-59(4)23-31)41(66)58(3)17-11-9-7-8-10-12-18-70(44(68)56-35)61(6)40(65)37(29-13-14-29)57-38(63)36-21-33(49)24-62(36)43(67)45(47(52,53)54)26-46(50,51)27-45/h10,12,15-16,20,22-23,28-29,33,35-37,42H,7-9,11,13-14,17-19,21,24-27H2,1-6H3,(H,56,68)(H,57,63)/b12-10+/t33-,35+,36+,37+,42?/m1/s1. The van der Waals surface area contributed by atoms with Crippen molar-refractivity contribution in [1.29, 1.82) is 0 Å². The maximum Gasteiger partial charge on any atom is 0.403 e. The fraction of sp³-hybridized carbons (Fsp3) is 0.638. The molecule has 1 aromatic carbocycles. The lowest BCUT2D eigenvalue weighted by atomic mass is 9.64. The second-order valence-corrected chi connectivity index (χ2v) is 23.5. The van der Waals surface area contributed by atoms with Crippen molar-refractivity contribution >= 4 is 67.4 Å². The molecule has 3 fully saturated rings. The topological polar surface area (TPSA) is 157 Å². The van der Waals surface area contributed by atoms with Gasteiger partial charge in [0.15, 0.2) is 10.8 Å². The normalized spacial score (nSPS) is 25.0. The SMILES string of the molecule is CC(C)C[C@@H]1NC(=O)[Si](N(C)C(=O)[C@@H](NC(=O)[C@@H]2C[C@@H](F)CN2C(=O)C2(C(F)(F)F)CC(F)(F)C2)C2CC2)C/C=C/CCCCCN(C)C(=O)C(SCc2cc(Cl)ccc2-c2cnn(C)c2)N(C)C1=O. The molecule has 2 N–H and O–H groups in total. The molecule has 1 radical (unpaired) electrons. The minimum atomic E-state index is -5.40. The number of halogens is 7. The van der Waals surface area contributed by atoms with E-state index >= 15 is 0 Å². The molecule has 5 atom stereocenters. The molecule has 385 valence electrons. The maximum absolute atomic E-state index is 14.9. The average Bonchev–Trinajstić information content (AvgIpc) is 3.91. The van der Waals surface area contributed by atoms with E-state index in [-0.39, 0.29) is 30.0 Å². The van der Waals surface area contributed by atoms with Crippen molar-refractivity contribution in [2.45, 2.75) is 132 Å². The van der Waals surface area contributed by atoms with E-state index in [0.29, 0.717) is 42.2 Å². The van der Waals surface area contributed by atoms with Crippen LogP contribution in [0.1, 0.15) is 83.6 Å². The van der Waals surface area contributed by atoms with Crippen LogP contribution in [0.4, 0.5) is 31.1 Å². The molecule has 2 aromatic rings. The molecule has 2 saturated carbocycles. The summed E-state index contributed by atoms with van der Waals surface area (Å²) in [6, 6.07) is 1.24. The molecule has 14 nitrogen and oxygen atoms in total. The van der Waals surface area contributed by atoms with Crippen LogP contribution in [-0.2, 0) is 36.8 Å². The molecule has 6 rings (SSSR count). The van der Waals surface area contributed by atoms with Gasteiger partial charge in [-0.1, -0.05) is 50.1 Å². The summed E-state index contributed by atoms with van der Waals surface area (Å²) in [5.74, 6) is -8.60. The van der Waals surface area contributed by atoms with E-state index in [9.17, 15) is 55.1 Å². The number of rotatable bonds is 12. The Morgan fingerprint density at radius 2 is 1.74 bits per heavy atom. The number of carbonyl (C=O) groups is 6. The second-order valence-electron chi connectivity index (χ2n) is 19.5. The zero-order valence-corrected chi connectivity index (χ0v) is 42.7. The highest BCUT2D eigenvalue weighted by atomic mass is 35.5. The van der Waals surface area contributed by atoms with E-state index in [1.807, 2.05) is 32.2 Å². The zero-order valence-electron chi connectivity index (χ0n) is 40.2. The summed E-state index contributed by atoms with van der Waals surface area (Å²) in [6.07, 6.45) is -0.549. The lowest BCUT2D eigenvalue weighted by Gasteiger charge is -2.48. The van der Waals surface area contributed by atoms with Gasteiger partial charge in [-0.15, -0.1) is 11.8 Å². The van der Waals surface area contributed by atoms with Gasteiger partial charge in [0.1, 0.15) is 24.3 Å². The predicted molar refractivity (Wildman–Crippen MR) is 254 cm³/mol. The van der Waals surface area contributed by atoms with E-state index < -0.39 is 117 Å². The molecule has 23 heteroatoms. The number of aryl methyl sites for hydroxylation is 1. The molecule has 2 aliphatic carbocycles. The van der Waals surface area contributed by atoms with Crippen molar-refractivity contribution < 1.29 is 55.1 Å². The lowest BCUT2D eigenvalue weighted by molar-refractivity contribution is -0.299. The Kier molecular flexibility index (Phi) is 17.6. The van der Waals surface area contributed by atoms with Gasteiger partial charge in [-0.25, -0.2) is 13.2 Å². The fourth-order valence-electron chi connectivity index (χ4n) is 9.36. The molecule has 4 aliphatic rings. The van der Waals surface area contributed by atoms with E-state index in [0.717, 1.165) is 29.5 Å². The molecular formula is C47H62ClF6N8O6SSi. The van der Waals surface area contributed by atoms with Crippen LogP contribution in [0, 0.1) is 17.3 Å². The van der Waals surface area contributed by atoms with Gasteiger partial charge in [-0.2, -0.15) is 18.3 Å². The Labute approximate surface area is 415 Å². The third-order valence-corrected chi connectivity index (χ3v) is 17.3. The van der Waals surface area contributed by atoms with Crippen molar-refractivity contribution in [3.63, 3.8) is 0 Å². The summed E-state index contributed by atoms with van der Waals surface area (Å²) in [6.45, 7) is 3.25. The highest BCUT2D eigenvalue weighted by Crippen LogP contribution is 2.61. The Balaban J connectivity index is 1.24. The quantitative estimate of drug-likeness (QED) is 0.127. The average molecular weight is 1040 g/mol. The molecular weight excluding hydrogens is 982 g/mol. The number of thioether (sulfide) groups is 1. The molecule has 0 bridgehead atoms. The van der Waals surface area contributed by atoms with Crippen LogP contribution >= 0.6 is 23.4 Å². The summed E-state index contributed by atoms with van der Waals surface area (Å²) < 4.78 is 88.4. The number of alkyl halides is 6. The van der Waals surface area contributed by atoms with Crippen LogP contribution < -0.4 is 10.6 Å². The van der Waals surface area contributed by atoms with Crippen LogP contribution in [0.15, 0.2) is 42.7 Å². The molecule has 2 aliphatic heterocycles. The number of amides is 6. The van der Waals surface area contributed by atoms with Crippen LogP contribution in [0.2, 0.25) is 11.1 Å². The van der Waals surface area contributed by atoms with E-state index in [4.69, 9.17) is 11.6 Å². The summed E-state index contributed by atoms with van der Waals surface area (Å²) in [7, 11) is 3.73. The number of likely N-dealkylation sites (N-methyl/N-ethyl adjacent to an activating group) is 3. The number of allylic oxidation sites excluding steroid dienone is 2. The number of benzene rings is 1. The third kappa shape index (κ3) is 12.7. The first kappa shape index (κ1) is 54.8. The number of hydrogen-bond donors (Lipinski definition) is 2. The van der Waals surface area contributed by atoms with E-state index in [1.54, 1.807) is 48.1 Å². The molecule has 1 aromatic heterocycles. The fourth-order valence-corrected chi connectivity index (χ4v) is 12.7. The van der Waals surface area contributed by atoms with E-state index in [1.165, 1.54) is 35.3 Å². The van der Waals surface area contributed by atoms with Gasteiger partial charge in [-0.3, -0.25) is 33.4 Å². The maximum atomic E-state index is 14.9. The smallest absolute Gasteiger partial charge is 0.361 e. The van der Waals surface area contributed by atoms with Crippen molar-refractivity contribution in [3.8, 4) is 11.1 Å². The van der Waals surface area contributed by atoms with Gasteiger partial charge in [0.2, 0.25) is 29.2 Å². The summed E-state index contributed by atoms with van der Waals surface area (Å²) in [5.41, 5.74) is -1.61. The number of nitrogens with one attached hydrogen (secondary N) is 2. The number of nitrogens with zero attached hydrogens (tertiary/aromatic N) is 6. The molecule has 3 heterocycles. The summed E-state index contributed by atoms with van der Waals surface area (Å²) in [5, 5.41) is 9.20. The summed E-state index contributed by atoms with van der Waals surface area (Å²) in [4.78, 5) is 88.9. The van der Waals surface area contributed by atoms with Gasteiger partial charge in [0.25, 0.3) is 20.8 Å². The first-order chi connectivity index (χ1) is 32.8. The van der Waals surface area contributed by atoms with E-state index in [2.05, 4.69) is 15.7 Å². The van der Waals surface area contributed by atoms with Gasteiger partial charge < -0.3 is 29.9 Å². The van der Waals surface area contributed by atoms with Crippen molar-refractivity contribution in [2.24, 2.45) is 24.3 Å². The molecule has 6 amide bonds. The number of hydrogen-bond acceptors (Lipinski definition) is 8. The minimum absolute atomic E-state index is 0.0830. The van der Waals surface area contributed by atoms with Crippen LogP contribution in [-0.4, -0.2) is 149 Å². The predicted octanol–water partition coefficient (Wildman–Crippen LogP) is 7.31. The van der Waals surface area contributed by atoms with Gasteiger partial charge in [0.05, 0.1) is 12.7 Å². The first-order valence-electron chi connectivity index (χ1n) is 23.5. The highest BCUT2D eigenvalue weighted by Gasteiger charge is 2.75. The Hall–Kier alpha value is -4.57. The molecule has 1 unspecified atom stereocenters. The second kappa shape index (κ2) is 22.5. The van der Waals surface area contributed by atoms with Crippen LogP contribution in [0.25, 0.3) is 11.1 Å². The highest BCUT2D eigenvalue weighted by molar-refractivity contribution is 7.99. The molecule has 0 spiro atoms. The lowest BCUT2D eigenvalue weighted by Crippen LogP contribution is -2.65. The zero-order chi connectivity index (χ0) is 51.5. The summed E-state index contributed by atoms with van der Waals surface area (Å²) >= 11 is 7.70. The monoisotopic (exact) mass is 1040 g/mol. The van der Waals surface area contributed by atoms with Crippen molar-refractivity contribution in [2.75, 3.05) is 34.2 Å². The Bertz CT molecular complexity index is 2290. The molecule has 1 saturated heterocycles. The van der Waals surface area contributed by atoms with Crippen LogP contribution in [0.3, 0.4) is 0 Å². The van der Waals surface area contributed by atoms with Gasteiger partial charge in [-0.05, 0) is 79.7 Å². The number of aromatic nitrogens is 2. The van der Waals surface area contributed by atoms with Gasteiger partial charge >= 0.3 is 6.18 Å². The molecule has 70 heavy (non-hydrogen) atoms.